The number of aromatic carboxylic acids is 1. The van der Waals surface area contributed by atoms with Crippen LogP contribution in [0.25, 0.3) is 5.52 Å². The van der Waals surface area contributed by atoms with E-state index in [9.17, 15) is 4.79 Å². The molecule has 2 aromatic rings. The molecule has 0 saturated carbocycles. The lowest BCUT2D eigenvalue weighted by Crippen LogP contribution is -2.20. The molecule has 0 spiro atoms. The van der Waals surface area contributed by atoms with Gasteiger partial charge in [-0.05, 0) is 19.8 Å². The Hall–Kier alpha value is -2.11. The van der Waals surface area contributed by atoms with E-state index < -0.39 is 5.97 Å². The van der Waals surface area contributed by atoms with Crippen LogP contribution in [-0.4, -0.2) is 38.8 Å². The van der Waals surface area contributed by atoms with Crippen LogP contribution in [0.2, 0.25) is 0 Å². The molecule has 6 nitrogen and oxygen atoms in total. The van der Waals surface area contributed by atoms with Crippen molar-refractivity contribution in [3.8, 4) is 0 Å². The van der Waals surface area contributed by atoms with Gasteiger partial charge in [-0.3, -0.25) is 0 Å². The van der Waals surface area contributed by atoms with Crippen molar-refractivity contribution in [1.29, 1.82) is 0 Å². The van der Waals surface area contributed by atoms with Crippen LogP contribution >= 0.6 is 0 Å². The van der Waals surface area contributed by atoms with E-state index in [0.29, 0.717) is 0 Å². The summed E-state index contributed by atoms with van der Waals surface area (Å²) in [4.78, 5) is 17.7. The maximum atomic E-state index is 11.0. The van der Waals surface area contributed by atoms with E-state index in [-0.39, 0.29) is 5.69 Å². The van der Waals surface area contributed by atoms with Crippen LogP contribution in [0, 0.1) is 6.92 Å². The van der Waals surface area contributed by atoms with Crippen LogP contribution in [0.4, 0.5) is 5.82 Å². The quantitative estimate of drug-likeness (QED) is 0.865. The number of aromatic nitrogens is 3. The standard InChI is InChI=1S/C12H14N4O2/c1-8-7-16-10(6-9(14-16)12(17)18)11(13-8)15-4-2-3-5-15/h6-7H,2-5H2,1H3,(H,17,18). The van der Waals surface area contributed by atoms with Gasteiger partial charge in [-0.15, -0.1) is 0 Å². The van der Waals surface area contributed by atoms with E-state index in [1.807, 2.05) is 6.92 Å². The van der Waals surface area contributed by atoms with Crippen molar-refractivity contribution < 1.29 is 9.90 Å². The van der Waals surface area contributed by atoms with Crippen LogP contribution in [0.5, 0.6) is 0 Å². The smallest absolute Gasteiger partial charge is 0.356 e. The van der Waals surface area contributed by atoms with Gasteiger partial charge in [0.2, 0.25) is 0 Å². The van der Waals surface area contributed by atoms with Crippen molar-refractivity contribution in [2.75, 3.05) is 18.0 Å². The summed E-state index contributed by atoms with van der Waals surface area (Å²) >= 11 is 0. The van der Waals surface area contributed by atoms with Gasteiger partial charge in [0.15, 0.2) is 11.5 Å². The summed E-state index contributed by atoms with van der Waals surface area (Å²) in [5.74, 6) is -0.170. The van der Waals surface area contributed by atoms with E-state index in [4.69, 9.17) is 5.11 Å². The Labute approximate surface area is 104 Å². The third-order valence-corrected chi connectivity index (χ3v) is 3.18. The molecule has 0 aromatic carbocycles. The number of fused-ring (bicyclic) bond motifs is 1. The van der Waals surface area contributed by atoms with Gasteiger partial charge in [0.05, 0.1) is 11.9 Å². The zero-order valence-electron chi connectivity index (χ0n) is 10.1. The van der Waals surface area contributed by atoms with Crippen LogP contribution in [-0.2, 0) is 0 Å². The first-order valence-electron chi connectivity index (χ1n) is 6.00. The van der Waals surface area contributed by atoms with Crippen molar-refractivity contribution in [1.82, 2.24) is 14.6 Å². The molecule has 18 heavy (non-hydrogen) atoms. The minimum absolute atomic E-state index is 0.0582. The van der Waals surface area contributed by atoms with E-state index in [2.05, 4.69) is 15.0 Å². The highest BCUT2D eigenvalue weighted by Crippen LogP contribution is 2.24. The second kappa shape index (κ2) is 3.97. The molecule has 1 N–H and O–H groups in total. The first-order chi connectivity index (χ1) is 8.65. The summed E-state index contributed by atoms with van der Waals surface area (Å²) in [5, 5.41) is 13.1. The van der Waals surface area contributed by atoms with E-state index in [1.54, 1.807) is 16.8 Å². The highest BCUT2D eigenvalue weighted by Gasteiger charge is 2.19. The monoisotopic (exact) mass is 246 g/mol. The summed E-state index contributed by atoms with van der Waals surface area (Å²) in [6.45, 7) is 3.83. The molecule has 6 heteroatoms. The Morgan fingerprint density at radius 1 is 1.39 bits per heavy atom. The van der Waals surface area contributed by atoms with Gasteiger partial charge in [0.25, 0.3) is 0 Å². The molecule has 94 valence electrons. The number of carboxylic acid groups (broad SMARTS) is 1. The number of carboxylic acids is 1. The number of hydrogen-bond acceptors (Lipinski definition) is 4. The largest absolute Gasteiger partial charge is 0.476 e. The molecule has 3 heterocycles. The number of anilines is 1. The zero-order valence-corrected chi connectivity index (χ0v) is 10.1. The van der Waals surface area contributed by atoms with Crippen molar-refractivity contribution in [2.45, 2.75) is 19.8 Å². The van der Waals surface area contributed by atoms with Gasteiger partial charge in [-0.2, -0.15) is 5.10 Å². The van der Waals surface area contributed by atoms with Gasteiger partial charge in [-0.25, -0.2) is 14.3 Å². The fourth-order valence-electron chi connectivity index (χ4n) is 2.36. The van der Waals surface area contributed by atoms with Crippen molar-refractivity contribution in [3.05, 3.63) is 23.7 Å². The second-order valence-electron chi connectivity index (χ2n) is 4.56. The van der Waals surface area contributed by atoms with E-state index in [1.165, 1.54) is 0 Å². The highest BCUT2D eigenvalue weighted by molar-refractivity contribution is 5.88. The summed E-state index contributed by atoms with van der Waals surface area (Å²) in [6, 6.07) is 1.59. The highest BCUT2D eigenvalue weighted by atomic mass is 16.4. The molecule has 0 atom stereocenters. The lowest BCUT2D eigenvalue weighted by Gasteiger charge is -2.17. The maximum Gasteiger partial charge on any atom is 0.356 e. The Kier molecular flexibility index (Phi) is 2.43. The Morgan fingerprint density at radius 2 is 2.11 bits per heavy atom. The number of rotatable bonds is 2. The third-order valence-electron chi connectivity index (χ3n) is 3.18. The molecule has 0 aliphatic carbocycles. The van der Waals surface area contributed by atoms with Gasteiger partial charge >= 0.3 is 5.97 Å². The fourth-order valence-corrected chi connectivity index (χ4v) is 2.36. The molecular weight excluding hydrogens is 232 g/mol. The minimum Gasteiger partial charge on any atom is -0.476 e. The molecule has 0 bridgehead atoms. The number of hydrogen-bond donors (Lipinski definition) is 1. The SMILES string of the molecule is Cc1cn2nc(C(=O)O)cc2c(N2CCCC2)n1. The summed E-state index contributed by atoms with van der Waals surface area (Å²) in [6.07, 6.45) is 4.06. The van der Waals surface area contributed by atoms with E-state index >= 15 is 0 Å². The third kappa shape index (κ3) is 1.70. The Bertz CT molecular complexity index is 614. The van der Waals surface area contributed by atoms with Crippen LogP contribution in [0.15, 0.2) is 12.3 Å². The Balaban J connectivity index is 2.19. The average molecular weight is 246 g/mol. The minimum atomic E-state index is -1.01. The molecule has 0 amide bonds. The molecular formula is C12H14N4O2. The van der Waals surface area contributed by atoms with Crippen molar-refractivity contribution in [3.63, 3.8) is 0 Å². The molecule has 0 unspecified atom stereocenters. The van der Waals surface area contributed by atoms with Crippen LogP contribution in [0.1, 0.15) is 29.0 Å². The second-order valence-corrected chi connectivity index (χ2v) is 4.56. The predicted molar refractivity (Wildman–Crippen MR) is 66.1 cm³/mol. The lowest BCUT2D eigenvalue weighted by atomic mass is 10.3. The number of carbonyl (C=O) groups is 1. The van der Waals surface area contributed by atoms with Crippen LogP contribution < -0.4 is 4.90 Å². The number of nitrogens with zero attached hydrogens (tertiary/aromatic N) is 4. The van der Waals surface area contributed by atoms with Gasteiger partial charge in [0.1, 0.15) is 5.52 Å². The van der Waals surface area contributed by atoms with Crippen LogP contribution in [0.3, 0.4) is 0 Å². The summed E-state index contributed by atoms with van der Waals surface area (Å²) in [7, 11) is 0. The number of aryl methyl sites for hydroxylation is 1. The Morgan fingerprint density at radius 3 is 2.78 bits per heavy atom. The molecule has 2 aromatic heterocycles. The van der Waals surface area contributed by atoms with Gasteiger partial charge < -0.3 is 10.0 Å². The van der Waals surface area contributed by atoms with Gasteiger partial charge in [0, 0.05) is 19.2 Å². The zero-order chi connectivity index (χ0) is 12.7. The predicted octanol–water partition coefficient (Wildman–Crippen LogP) is 1.34. The van der Waals surface area contributed by atoms with Gasteiger partial charge in [-0.1, -0.05) is 0 Å². The fraction of sp³-hybridized carbons (Fsp3) is 0.417. The topological polar surface area (TPSA) is 70.7 Å². The maximum absolute atomic E-state index is 11.0. The molecule has 1 aliphatic rings. The molecule has 1 fully saturated rings. The van der Waals surface area contributed by atoms with Crippen molar-refractivity contribution >= 4 is 17.3 Å². The molecule has 0 radical (unpaired) electrons. The van der Waals surface area contributed by atoms with E-state index in [0.717, 1.165) is 43.0 Å². The first kappa shape index (κ1) is 11.0. The molecule has 1 aliphatic heterocycles. The summed E-state index contributed by atoms with van der Waals surface area (Å²) in [5.41, 5.74) is 1.66. The first-order valence-corrected chi connectivity index (χ1v) is 6.00. The molecule has 1 saturated heterocycles. The normalized spacial score (nSPS) is 15.5. The average Bonchev–Trinajstić information content (AvgIpc) is 2.96. The summed E-state index contributed by atoms with van der Waals surface area (Å²) < 4.78 is 1.61. The lowest BCUT2D eigenvalue weighted by molar-refractivity contribution is 0.0690. The van der Waals surface area contributed by atoms with Crippen molar-refractivity contribution in [2.24, 2.45) is 0 Å². The molecule has 3 rings (SSSR count).